The molecule has 1 atom stereocenters. The zero-order valence-electron chi connectivity index (χ0n) is 21.7. The zero-order chi connectivity index (χ0) is 24.8. The van der Waals surface area contributed by atoms with Crippen molar-refractivity contribution in [2.75, 3.05) is 26.2 Å². The van der Waals surface area contributed by atoms with Gasteiger partial charge < -0.3 is 24.1 Å². The molecule has 0 spiro atoms. The fraction of sp³-hybridized carbons (Fsp3) is 0.643. The Morgan fingerprint density at radius 3 is 2.51 bits per heavy atom. The number of fused-ring (bicyclic) bond motifs is 1. The van der Waals surface area contributed by atoms with Crippen LogP contribution in [-0.4, -0.2) is 63.9 Å². The first-order valence-electron chi connectivity index (χ1n) is 13.6. The summed E-state index contributed by atoms with van der Waals surface area (Å²) in [7, 11) is 0. The molecule has 1 aliphatic heterocycles. The summed E-state index contributed by atoms with van der Waals surface area (Å²) >= 11 is 0. The Kier molecular flexibility index (Phi) is 8.37. The molecule has 1 unspecified atom stereocenters. The first-order valence-corrected chi connectivity index (χ1v) is 13.6. The van der Waals surface area contributed by atoms with E-state index in [0.29, 0.717) is 24.5 Å². The van der Waals surface area contributed by atoms with Crippen molar-refractivity contribution in [3.63, 3.8) is 0 Å². The fourth-order valence-corrected chi connectivity index (χ4v) is 5.58. The number of hydrogen-bond acceptors (Lipinski definition) is 4. The van der Waals surface area contributed by atoms with Crippen molar-refractivity contribution in [3.8, 4) is 11.5 Å². The molecule has 3 heterocycles. The highest BCUT2D eigenvalue weighted by molar-refractivity contribution is 6.00. The number of aromatic nitrogens is 1. The van der Waals surface area contributed by atoms with Crippen LogP contribution in [0.4, 0.5) is 0 Å². The van der Waals surface area contributed by atoms with E-state index in [4.69, 9.17) is 4.42 Å². The molecular weight excluding hydrogens is 440 g/mol. The third kappa shape index (κ3) is 5.50. The van der Waals surface area contributed by atoms with Crippen molar-refractivity contribution in [1.29, 1.82) is 0 Å². The Morgan fingerprint density at radius 1 is 1.11 bits per heavy atom. The molecular formula is C28H42N4O3. The Balaban J connectivity index is 1.62. The minimum Gasteiger partial charge on any atom is -0.463 e. The van der Waals surface area contributed by atoms with Crippen molar-refractivity contribution in [1.82, 2.24) is 19.7 Å². The molecule has 35 heavy (non-hydrogen) atoms. The van der Waals surface area contributed by atoms with Gasteiger partial charge in [-0.05, 0) is 63.5 Å². The van der Waals surface area contributed by atoms with E-state index >= 15 is 0 Å². The van der Waals surface area contributed by atoms with Crippen molar-refractivity contribution < 1.29 is 14.0 Å². The van der Waals surface area contributed by atoms with Crippen molar-refractivity contribution >= 4 is 11.8 Å². The average Bonchev–Trinajstić information content (AvgIpc) is 3.45. The second-order valence-corrected chi connectivity index (χ2v) is 10.3. The predicted molar refractivity (Wildman–Crippen MR) is 138 cm³/mol. The highest BCUT2D eigenvalue weighted by Gasteiger charge is 2.48. The van der Waals surface area contributed by atoms with E-state index in [1.54, 1.807) is 6.26 Å². The molecule has 0 radical (unpaired) electrons. The van der Waals surface area contributed by atoms with Gasteiger partial charge in [0.1, 0.15) is 17.0 Å². The molecule has 1 aliphatic carbocycles. The lowest BCUT2D eigenvalue weighted by molar-refractivity contribution is -0.133. The quantitative estimate of drug-likeness (QED) is 0.488. The van der Waals surface area contributed by atoms with Crippen LogP contribution in [-0.2, 0) is 11.3 Å². The second kappa shape index (κ2) is 11.5. The number of amides is 2. The fourth-order valence-electron chi connectivity index (χ4n) is 5.58. The van der Waals surface area contributed by atoms with Crippen LogP contribution in [0, 0.1) is 0 Å². The molecule has 0 bridgehead atoms. The van der Waals surface area contributed by atoms with Crippen LogP contribution in [0.2, 0.25) is 0 Å². The maximum absolute atomic E-state index is 13.9. The van der Waals surface area contributed by atoms with Crippen LogP contribution in [0.15, 0.2) is 34.9 Å². The molecule has 4 rings (SSSR count). The summed E-state index contributed by atoms with van der Waals surface area (Å²) in [6.45, 7) is 9.95. The van der Waals surface area contributed by atoms with Gasteiger partial charge in [0, 0.05) is 19.1 Å². The highest BCUT2D eigenvalue weighted by Crippen LogP contribution is 2.33. The van der Waals surface area contributed by atoms with Crippen LogP contribution in [0.5, 0.6) is 0 Å². The predicted octanol–water partition coefficient (Wildman–Crippen LogP) is 4.92. The van der Waals surface area contributed by atoms with Crippen molar-refractivity contribution in [2.45, 2.75) is 90.3 Å². The molecule has 2 aliphatic rings. The summed E-state index contributed by atoms with van der Waals surface area (Å²) in [6, 6.07) is 7.73. The Bertz CT molecular complexity index is 974. The number of nitrogens with one attached hydrogen (secondary N) is 1. The first kappa shape index (κ1) is 25.5. The number of rotatable bonds is 10. The van der Waals surface area contributed by atoms with Crippen LogP contribution >= 0.6 is 0 Å². The number of hydrogen-bond donors (Lipinski definition) is 1. The summed E-state index contributed by atoms with van der Waals surface area (Å²) in [4.78, 5) is 32.0. The summed E-state index contributed by atoms with van der Waals surface area (Å²) in [6.07, 6.45) is 10.7. The van der Waals surface area contributed by atoms with Gasteiger partial charge in [-0.15, -0.1) is 0 Å². The normalized spacial score (nSPS) is 21.3. The molecule has 2 aromatic heterocycles. The van der Waals surface area contributed by atoms with E-state index in [9.17, 15) is 9.59 Å². The minimum absolute atomic E-state index is 0.0425. The van der Waals surface area contributed by atoms with E-state index in [-0.39, 0.29) is 17.9 Å². The molecule has 0 saturated heterocycles. The van der Waals surface area contributed by atoms with E-state index in [0.717, 1.165) is 63.9 Å². The van der Waals surface area contributed by atoms with Gasteiger partial charge in [-0.3, -0.25) is 9.59 Å². The first-order chi connectivity index (χ1) is 17.0. The number of carbonyl (C=O) groups is 2. The van der Waals surface area contributed by atoms with E-state index < -0.39 is 5.54 Å². The number of furan rings is 1. The molecule has 1 saturated carbocycles. The van der Waals surface area contributed by atoms with Gasteiger partial charge in [-0.25, -0.2) is 0 Å². The number of nitrogens with zero attached hydrogens (tertiary/aromatic N) is 3. The summed E-state index contributed by atoms with van der Waals surface area (Å²) in [5.41, 5.74) is 0.485. The Labute approximate surface area is 209 Å². The number of carbonyl (C=O) groups excluding carboxylic acids is 2. The van der Waals surface area contributed by atoms with E-state index in [1.807, 2.05) is 40.7 Å². The summed E-state index contributed by atoms with van der Waals surface area (Å²) in [5.74, 6) is 0.582. The Hall–Kier alpha value is -2.54. The third-order valence-corrected chi connectivity index (χ3v) is 7.87. The zero-order valence-corrected chi connectivity index (χ0v) is 21.7. The lowest BCUT2D eigenvalue weighted by atomic mass is 9.93. The van der Waals surface area contributed by atoms with Crippen LogP contribution in [0.3, 0.4) is 0 Å². The number of likely N-dealkylation sites (N-methyl/N-ethyl adjacent to an activating group) is 1. The molecule has 1 N–H and O–H groups in total. The smallest absolute Gasteiger partial charge is 0.271 e. The molecule has 7 nitrogen and oxygen atoms in total. The lowest BCUT2D eigenvalue weighted by Crippen LogP contribution is -2.65. The maximum atomic E-state index is 13.9. The third-order valence-electron chi connectivity index (χ3n) is 7.87. The van der Waals surface area contributed by atoms with E-state index in [1.165, 1.54) is 12.8 Å². The van der Waals surface area contributed by atoms with Gasteiger partial charge in [0.2, 0.25) is 5.91 Å². The van der Waals surface area contributed by atoms with Gasteiger partial charge in [0.25, 0.3) is 5.91 Å². The number of unbranched alkanes of at least 4 members (excludes halogenated alkanes) is 1. The SMILES string of the molecule is CCCCN(CC)CCN1C(=O)c2ccc(-c3ccco3)n2CC1(C)C(=O)NC1CCCCCC1. The monoisotopic (exact) mass is 482 g/mol. The summed E-state index contributed by atoms with van der Waals surface area (Å²) < 4.78 is 7.62. The summed E-state index contributed by atoms with van der Waals surface area (Å²) in [5, 5.41) is 3.35. The molecule has 192 valence electrons. The van der Waals surface area contributed by atoms with Gasteiger partial charge in [-0.1, -0.05) is 46.0 Å². The Morgan fingerprint density at radius 2 is 1.86 bits per heavy atom. The average molecular weight is 483 g/mol. The van der Waals surface area contributed by atoms with Crippen molar-refractivity contribution in [2.24, 2.45) is 0 Å². The van der Waals surface area contributed by atoms with Gasteiger partial charge in [0.05, 0.1) is 18.5 Å². The molecule has 7 heteroatoms. The maximum Gasteiger partial charge on any atom is 0.271 e. The molecule has 1 fully saturated rings. The van der Waals surface area contributed by atoms with Gasteiger partial charge >= 0.3 is 0 Å². The van der Waals surface area contributed by atoms with Gasteiger partial charge in [0.15, 0.2) is 0 Å². The van der Waals surface area contributed by atoms with Crippen LogP contribution < -0.4 is 5.32 Å². The molecule has 0 aromatic carbocycles. The van der Waals surface area contributed by atoms with Crippen molar-refractivity contribution in [3.05, 3.63) is 36.2 Å². The molecule has 2 aromatic rings. The minimum atomic E-state index is -0.971. The topological polar surface area (TPSA) is 70.7 Å². The van der Waals surface area contributed by atoms with Crippen LogP contribution in [0.1, 0.15) is 82.6 Å². The molecule has 2 amide bonds. The van der Waals surface area contributed by atoms with Crippen LogP contribution in [0.25, 0.3) is 11.5 Å². The van der Waals surface area contributed by atoms with Gasteiger partial charge in [-0.2, -0.15) is 0 Å². The largest absolute Gasteiger partial charge is 0.463 e. The van der Waals surface area contributed by atoms with E-state index in [2.05, 4.69) is 24.1 Å². The second-order valence-electron chi connectivity index (χ2n) is 10.3. The lowest BCUT2D eigenvalue weighted by Gasteiger charge is -2.45. The highest BCUT2D eigenvalue weighted by atomic mass is 16.3. The standard InChI is InChI=1S/C28H42N4O3/c1-4-6-17-30(5-2)18-19-32-26(33)24-16-15-23(25-14-11-20-35-25)31(24)21-28(32,3)27(34)29-22-12-9-7-8-10-13-22/h11,14-16,20,22H,4-10,12-13,17-19,21H2,1-3H3,(H,29,34).